The van der Waals surface area contributed by atoms with Gasteiger partial charge in [-0.15, -0.1) is 0 Å². The van der Waals surface area contributed by atoms with Gasteiger partial charge in [-0.25, -0.2) is 4.98 Å². The molecule has 0 N–H and O–H groups in total. The Morgan fingerprint density at radius 1 is 1.29 bits per heavy atom. The molecule has 0 saturated heterocycles. The Morgan fingerprint density at radius 3 is 2.71 bits per heavy atom. The van der Waals surface area contributed by atoms with Crippen molar-refractivity contribution < 1.29 is 4.74 Å². The highest BCUT2D eigenvalue weighted by atomic mass is 16.5. The molecular weight excluding hydrogens is 212 g/mol. The van der Waals surface area contributed by atoms with Gasteiger partial charge in [0.2, 0.25) is 0 Å². The second kappa shape index (κ2) is 4.42. The van der Waals surface area contributed by atoms with Crippen LogP contribution in [-0.2, 0) is 6.42 Å². The van der Waals surface area contributed by atoms with Crippen molar-refractivity contribution in [1.82, 2.24) is 4.98 Å². The van der Waals surface area contributed by atoms with Gasteiger partial charge in [0.1, 0.15) is 11.3 Å². The maximum atomic E-state index is 8.73. The smallest absolute Gasteiger partial charge is 0.145 e. The minimum atomic E-state index is 0.327. The normalized spacial score (nSPS) is 10.2. The molecule has 2 aromatic rings. The molecule has 1 aromatic carbocycles. The van der Waals surface area contributed by atoms with Gasteiger partial charge in [-0.1, -0.05) is 0 Å². The molecule has 0 amide bonds. The first-order valence-corrected chi connectivity index (χ1v) is 5.47. The molecule has 17 heavy (non-hydrogen) atoms. The van der Waals surface area contributed by atoms with Crippen LogP contribution in [0.3, 0.4) is 0 Å². The molecule has 0 radical (unpaired) electrons. The van der Waals surface area contributed by atoms with E-state index in [0.29, 0.717) is 6.42 Å². The van der Waals surface area contributed by atoms with Gasteiger partial charge in [-0.3, -0.25) is 0 Å². The number of pyridine rings is 1. The molecule has 0 unspecified atom stereocenters. The molecule has 3 nitrogen and oxygen atoms in total. The number of benzene rings is 1. The van der Waals surface area contributed by atoms with E-state index in [1.807, 2.05) is 26.0 Å². The maximum Gasteiger partial charge on any atom is 0.145 e. The Kier molecular flexibility index (Phi) is 2.97. The van der Waals surface area contributed by atoms with E-state index in [1.165, 1.54) is 0 Å². The molecule has 0 saturated carbocycles. The summed E-state index contributed by atoms with van der Waals surface area (Å²) < 4.78 is 5.35. The van der Waals surface area contributed by atoms with Crippen LogP contribution in [0.1, 0.15) is 16.8 Å². The minimum Gasteiger partial charge on any atom is -0.494 e. The van der Waals surface area contributed by atoms with E-state index in [0.717, 1.165) is 33.5 Å². The summed E-state index contributed by atoms with van der Waals surface area (Å²) in [5.41, 5.74) is 3.90. The first-order chi connectivity index (χ1) is 8.15. The highest BCUT2D eigenvalue weighted by Crippen LogP contribution is 2.28. The van der Waals surface area contributed by atoms with Crippen molar-refractivity contribution in [3.05, 3.63) is 35.0 Å². The van der Waals surface area contributed by atoms with E-state index in [-0.39, 0.29) is 0 Å². The third-order valence-corrected chi connectivity index (χ3v) is 2.76. The number of aryl methyl sites for hydroxylation is 2. The summed E-state index contributed by atoms with van der Waals surface area (Å²) >= 11 is 0. The Balaban J connectivity index is 2.77. The van der Waals surface area contributed by atoms with E-state index < -0.39 is 0 Å². The van der Waals surface area contributed by atoms with Gasteiger partial charge in [0.25, 0.3) is 0 Å². The molecule has 3 heteroatoms. The van der Waals surface area contributed by atoms with Crippen LogP contribution in [0.2, 0.25) is 0 Å². The summed E-state index contributed by atoms with van der Waals surface area (Å²) in [6.07, 6.45) is 0.327. The third-order valence-electron chi connectivity index (χ3n) is 2.76. The van der Waals surface area contributed by atoms with Gasteiger partial charge >= 0.3 is 0 Å². The van der Waals surface area contributed by atoms with Gasteiger partial charge in [0.15, 0.2) is 0 Å². The number of hydrogen-bond acceptors (Lipinski definition) is 3. The number of ether oxygens (including phenoxy) is 1. The lowest BCUT2D eigenvalue weighted by molar-refractivity contribution is 0.418. The third kappa shape index (κ3) is 2.07. The van der Waals surface area contributed by atoms with E-state index in [9.17, 15) is 0 Å². The first kappa shape index (κ1) is 11.4. The summed E-state index contributed by atoms with van der Waals surface area (Å²) in [5.74, 6) is 0.767. The van der Waals surface area contributed by atoms with Crippen molar-refractivity contribution in [2.75, 3.05) is 7.11 Å². The highest BCUT2D eigenvalue weighted by molar-refractivity contribution is 5.88. The molecule has 0 aliphatic carbocycles. The number of fused-ring (bicyclic) bond motifs is 1. The molecule has 86 valence electrons. The number of methoxy groups -OCH3 is 1. The standard InChI is InChI=1S/C14H14N2O/c1-9-6-12-10(2)8-11(4-5-15)16-14(12)13(7-9)17-3/h6-8H,4H2,1-3H3. The van der Waals surface area contributed by atoms with Crippen LogP contribution in [0.4, 0.5) is 0 Å². The van der Waals surface area contributed by atoms with Crippen molar-refractivity contribution in [2.45, 2.75) is 20.3 Å². The average molecular weight is 226 g/mol. The quantitative estimate of drug-likeness (QED) is 0.790. The van der Waals surface area contributed by atoms with Crippen LogP contribution in [0.25, 0.3) is 10.9 Å². The zero-order valence-corrected chi connectivity index (χ0v) is 10.2. The monoisotopic (exact) mass is 226 g/mol. The number of nitriles is 1. The van der Waals surface area contributed by atoms with Crippen LogP contribution >= 0.6 is 0 Å². The van der Waals surface area contributed by atoms with E-state index in [4.69, 9.17) is 10.00 Å². The minimum absolute atomic E-state index is 0.327. The Hall–Kier alpha value is -2.08. The van der Waals surface area contributed by atoms with Crippen molar-refractivity contribution in [2.24, 2.45) is 0 Å². The summed E-state index contributed by atoms with van der Waals surface area (Å²) in [5, 5.41) is 9.82. The molecule has 2 rings (SSSR count). The summed E-state index contributed by atoms with van der Waals surface area (Å²) in [6.45, 7) is 4.06. The summed E-state index contributed by atoms with van der Waals surface area (Å²) in [4.78, 5) is 4.49. The highest BCUT2D eigenvalue weighted by Gasteiger charge is 2.08. The molecule has 0 aliphatic heterocycles. The molecule has 0 aliphatic rings. The van der Waals surface area contributed by atoms with Gasteiger partial charge in [0.05, 0.1) is 25.3 Å². The van der Waals surface area contributed by atoms with Crippen LogP contribution < -0.4 is 4.74 Å². The predicted octanol–water partition coefficient (Wildman–Crippen LogP) is 2.93. The second-order valence-corrected chi connectivity index (χ2v) is 4.13. The van der Waals surface area contributed by atoms with Crippen molar-refractivity contribution >= 4 is 10.9 Å². The van der Waals surface area contributed by atoms with Crippen LogP contribution in [0, 0.1) is 25.2 Å². The van der Waals surface area contributed by atoms with Gasteiger partial charge in [-0.05, 0) is 43.2 Å². The maximum absolute atomic E-state index is 8.73. The summed E-state index contributed by atoms with van der Waals surface area (Å²) in [6, 6.07) is 8.14. The lowest BCUT2D eigenvalue weighted by Gasteiger charge is -2.10. The molecule has 1 heterocycles. The molecule has 1 aromatic heterocycles. The van der Waals surface area contributed by atoms with Crippen molar-refractivity contribution in [3.8, 4) is 11.8 Å². The first-order valence-electron chi connectivity index (χ1n) is 5.47. The molecular formula is C14H14N2O. The number of aromatic nitrogens is 1. The zero-order valence-electron chi connectivity index (χ0n) is 10.2. The Labute approximate surface area is 101 Å². The Morgan fingerprint density at radius 2 is 2.06 bits per heavy atom. The topological polar surface area (TPSA) is 45.9 Å². The lowest BCUT2D eigenvalue weighted by atomic mass is 10.0. The zero-order chi connectivity index (χ0) is 12.4. The van der Waals surface area contributed by atoms with E-state index in [2.05, 4.69) is 17.1 Å². The van der Waals surface area contributed by atoms with Crippen LogP contribution in [-0.4, -0.2) is 12.1 Å². The fourth-order valence-corrected chi connectivity index (χ4v) is 1.99. The summed E-state index contributed by atoms with van der Waals surface area (Å²) in [7, 11) is 1.64. The number of nitrogens with zero attached hydrogens (tertiary/aromatic N) is 2. The molecule has 0 atom stereocenters. The van der Waals surface area contributed by atoms with Crippen molar-refractivity contribution in [1.29, 1.82) is 5.26 Å². The predicted molar refractivity (Wildman–Crippen MR) is 67.1 cm³/mol. The van der Waals surface area contributed by atoms with Gasteiger partial charge in [0, 0.05) is 5.39 Å². The fourth-order valence-electron chi connectivity index (χ4n) is 1.99. The van der Waals surface area contributed by atoms with Gasteiger partial charge in [-0.2, -0.15) is 5.26 Å². The molecule has 0 spiro atoms. The SMILES string of the molecule is COc1cc(C)cc2c(C)cc(CC#N)nc12. The second-order valence-electron chi connectivity index (χ2n) is 4.13. The van der Waals surface area contributed by atoms with Crippen molar-refractivity contribution in [3.63, 3.8) is 0 Å². The fraction of sp³-hybridized carbons (Fsp3) is 0.286. The van der Waals surface area contributed by atoms with Crippen LogP contribution in [0.5, 0.6) is 5.75 Å². The van der Waals surface area contributed by atoms with E-state index in [1.54, 1.807) is 7.11 Å². The lowest BCUT2D eigenvalue weighted by Crippen LogP contribution is -1.95. The Bertz CT molecular complexity index is 612. The number of hydrogen-bond donors (Lipinski definition) is 0. The van der Waals surface area contributed by atoms with Crippen LogP contribution in [0.15, 0.2) is 18.2 Å². The largest absolute Gasteiger partial charge is 0.494 e. The molecule has 0 bridgehead atoms. The average Bonchev–Trinajstić information content (AvgIpc) is 2.30. The number of rotatable bonds is 2. The van der Waals surface area contributed by atoms with E-state index >= 15 is 0 Å². The molecule has 0 fully saturated rings. The van der Waals surface area contributed by atoms with Gasteiger partial charge < -0.3 is 4.74 Å².